The van der Waals surface area contributed by atoms with E-state index in [2.05, 4.69) is 22.8 Å². The summed E-state index contributed by atoms with van der Waals surface area (Å²) < 4.78 is 5.17. The highest BCUT2D eigenvalue weighted by Crippen LogP contribution is 2.06. The van der Waals surface area contributed by atoms with Gasteiger partial charge in [-0.05, 0) is 33.3 Å². The fourth-order valence-electron chi connectivity index (χ4n) is 1.51. The summed E-state index contributed by atoms with van der Waals surface area (Å²) in [5.74, 6) is 0. The van der Waals surface area contributed by atoms with Crippen molar-refractivity contribution < 1.29 is 9.53 Å². The second-order valence-electron chi connectivity index (χ2n) is 5.65. The van der Waals surface area contributed by atoms with Crippen molar-refractivity contribution in [1.29, 1.82) is 0 Å². The number of amides is 1. The van der Waals surface area contributed by atoms with Crippen molar-refractivity contribution in [2.45, 2.75) is 45.9 Å². The zero-order valence-corrected chi connectivity index (χ0v) is 12.2. The van der Waals surface area contributed by atoms with Gasteiger partial charge in [-0.1, -0.05) is 30.3 Å². The minimum absolute atomic E-state index is 0.188. The van der Waals surface area contributed by atoms with Crippen LogP contribution in [0.3, 0.4) is 0 Å². The lowest BCUT2D eigenvalue weighted by molar-refractivity contribution is 0.0523. The van der Waals surface area contributed by atoms with Crippen molar-refractivity contribution in [2.24, 2.45) is 0 Å². The largest absolute Gasteiger partial charge is 0.444 e. The molecule has 0 bridgehead atoms. The summed E-state index contributed by atoms with van der Waals surface area (Å²) >= 11 is 0. The van der Waals surface area contributed by atoms with E-state index in [4.69, 9.17) is 4.74 Å². The van der Waals surface area contributed by atoms with E-state index in [0.717, 1.165) is 6.54 Å². The van der Waals surface area contributed by atoms with Gasteiger partial charge in [0.25, 0.3) is 0 Å². The molecular formula is C15H24N2O2. The molecule has 1 rings (SSSR count). The lowest BCUT2D eigenvalue weighted by Crippen LogP contribution is -2.40. The summed E-state index contributed by atoms with van der Waals surface area (Å²) in [5.41, 5.74) is 0.775. The summed E-state index contributed by atoms with van der Waals surface area (Å²) in [6.45, 7) is 8.91. The van der Waals surface area contributed by atoms with Crippen LogP contribution >= 0.6 is 0 Å². The van der Waals surface area contributed by atoms with Crippen LogP contribution in [-0.2, 0) is 11.3 Å². The maximum Gasteiger partial charge on any atom is 0.407 e. The number of carbonyl (C=O) groups is 1. The van der Waals surface area contributed by atoms with E-state index < -0.39 is 5.60 Å². The molecule has 4 nitrogen and oxygen atoms in total. The van der Waals surface area contributed by atoms with Gasteiger partial charge in [0.1, 0.15) is 5.60 Å². The molecule has 0 saturated heterocycles. The fourth-order valence-corrected chi connectivity index (χ4v) is 1.51. The molecule has 0 aliphatic rings. The first kappa shape index (κ1) is 15.5. The van der Waals surface area contributed by atoms with E-state index in [-0.39, 0.29) is 12.1 Å². The van der Waals surface area contributed by atoms with Gasteiger partial charge in [0, 0.05) is 19.1 Å². The summed E-state index contributed by atoms with van der Waals surface area (Å²) in [4.78, 5) is 11.5. The number of hydrogen-bond acceptors (Lipinski definition) is 3. The molecule has 0 saturated carbocycles. The van der Waals surface area contributed by atoms with E-state index in [0.29, 0.717) is 6.54 Å². The third-order valence-corrected chi connectivity index (χ3v) is 2.45. The van der Waals surface area contributed by atoms with E-state index in [1.807, 2.05) is 45.9 Å². The van der Waals surface area contributed by atoms with Crippen molar-refractivity contribution in [3.8, 4) is 0 Å². The molecule has 0 aliphatic carbocycles. The molecule has 106 valence electrons. The van der Waals surface area contributed by atoms with Crippen molar-refractivity contribution in [3.63, 3.8) is 0 Å². The Morgan fingerprint density at radius 2 is 1.89 bits per heavy atom. The van der Waals surface area contributed by atoms with Crippen LogP contribution in [0.15, 0.2) is 30.3 Å². The zero-order valence-electron chi connectivity index (χ0n) is 12.2. The molecule has 1 aromatic carbocycles. The molecule has 1 aromatic rings. The number of benzene rings is 1. The second-order valence-corrected chi connectivity index (χ2v) is 5.65. The van der Waals surface area contributed by atoms with Crippen LogP contribution in [0.25, 0.3) is 0 Å². The van der Waals surface area contributed by atoms with Crippen LogP contribution in [0.2, 0.25) is 0 Å². The Kier molecular flexibility index (Phi) is 5.83. The van der Waals surface area contributed by atoms with Crippen LogP contribution in [0.4, 0.5) is 4.79 Å². The molecular weight excluding hydrogens is 240 g/mol. The second kappa shape index (κ2) is 7.14. The van der Waals surface area contributed by atoms with Gasteiger partial charge in [-0.2, -0.15) is 0 Å². The predicted octanol–water partition coefficient (Wildman–Crippen LogP) is 2.69. The van der Waals surface area contributed by atoms with Gasteiger partial charge in [-0.25, -0.2) is 4.79 Å². The van der Waals surface area contributed by atoms with Crippen LogP contribution in [0.5, 0.6) is 0 Å². The molecule has 1 atom stereocenters. The summed E-state index contributed by atoms with van der Waals surface area (Å²) in [6, 6.07) is 10.4. The molecule has 0 aromatic heterocycles. The van der Waals surface area contributed by atoms with Crippen molar-refractivity contribution in [2.75, 3.05) is 6.54 Å². The molecule has 19 heavy (non-hydrogen) atoms. The van der Waals surface area contributed by atoms with Gasteiger partial charge in [0.05, 0.1) is 0 Å². The average molecular weight is 264 g/mol. The van der Waals surface area contributed by atoms with Crippen LogP contribution in [-0.4, -0.2) is 24.3 Å². The molecule has 2 N–H and O–H groups in total. The topological polar surface area (TPSA) is 50.4 Å². The zero-order chi connectivity index (χ0) is 14.3. The third-order valence-electron chi connectivity index (χ3n) is 2.45. The predicted molar refractivity (Wildman–Crippen MR) is 77.0 cm³/mol. The van der Waals surface area contributed by atoms with Crippen molar-refractivity contribution >= 4 is 6.09 Å². The summed E-state index contributed by atoms with van der Waals surface area (Å²) in [6.07, 6.45) is -0.374. The van der Waals surface area contributed by atoms with Crippen molar-refractivity contribution in [1.82, 2.24) is 10.6 Å². The van der Waals surface area contributed by atoms with Gasteiger partial charge >= 0.3 is 6.09 Å². The Labute approximate surface area is 115 Å². The highest BCUT2D eigenvalue weighted by molar-refractivity contribution is 5.67. The number of alkyl carbamates (subject to hydrolysis) is 1. The van der Waals surface area contributed by atoms with Gasteiger partial charge < -0.3 is 15.4 Å². The van der Waals surface area contributed by atoms with E-state index in [1.54, 1.807) is 0 Å². The number of rotatable bonds is 5. The summed E-state index contributed by atoms with van der Waals surface area (Å²) in [7, 11) is 0. The van der Waals surface area contributed by atoms with E-state index in [9.17, 15) is 4.79 Å². The first-order chi connectivity index (χ1) is 8.87. The summed E-state index contributed by atoms with van der Waals surface area (Å²) in [5, 5.41) is 6.10. The van der Waals surface area contributed by atoms with Crippen LogP contribution in [0.1, 0.15) is 33.3 Å². The Morgan fingerprint density at radius 3 is 2.47 bits per heavy atom. The van der Waals surface area contributed by atoms with Gasteiger partial charge in [-0.3, -0.25) is 0 Å². The third kappa shape index (κ3) is 7.47. The maximum absolute atomic E-state index is 11.5. The molecule has 4 heteroatoms. The lowest BCUT2D eigenvalue weighted by Gasteiger charge is -2.21. The van der Waals surface area contributed by atoms with Crippen molar-refractivity contribution in [3.05, 3.63) is 35.9 Å². The average Bonchev–Trinajstić information content (AvgIpc) is 2.33. The minimum Gasteiger partial charge on any atom is -0.444 e. The number of carbonyl (C=O) groups excluding carboxylic acids is 1. The molecule has 1 amide bonds. The maximum atomic E-state index is 11.5. The van der Waals surface area contributed by atoms with Crippen LogP contribution < -0.4 is 10.6 Å². The molecule has 0 fully saturated rings. The SMILES string of the molecule is CC(CNC(=O)OC(C)(C)C)NCc1ccccc1. The quantitative estimate of drug-likeness (QED) is 0.859. The molecule has 1 unspecified atom stereocenters. The standard InChI is InChI=1S/C15H24N2O2/c1-12(10-17-14(18)19-15(2,3)4)16-11-13-8-6-5-7-9-13/h5-9,12,16H,10-11H2,1-4H3,(H,17,18). The Balaban J connectivity index is 2.21. The fraction of sp³-hybridized carbons (Fsp3) is 0.533. The number of hydrogen-bond donors (Lipinski definition) is 2. The molecule has 0 heterocycles. The Bertz CT molecular complexity index is 385. The highest BCUT2D eigenvalue weighted by atomic mass is 16.6. The first-order valence-corrected chi connectivity index (χ1v) is 6.61. The first-order valence-electron chi connectivity index (χ1n) is 6.61. The normalized spacial score (nSPS) is 12.8. The number of nitrogens with one attached hydrogen (secondary N) is 2. The van der Waals surface area contributed by atoms with E-state index >= 15 is 0 Å². The molecule has 0 spiro atoms. The van der Waals surface area contributed by atoms with Gasteiger partial charge in [-0.15, -0.1) is 0 Å². The number of ether oxygens (including phenoxy) is 1. The molecule has 0 radical (unpaired) electrons. The van der Waals surface area contributed by atoms with Gasteiger partial charge in [0.2, 0.25) is 0 Å². The Hall–Kier alpha value is -1.55. The molecule has 0 aliphatic heterocycles. The monoisotopic (exact) mass is 264 g/mol. The van der Waals surface area contributed by atoms with Crippen LogP contribution in [0, 0.1) is 0 Å². The smallest absolute Gasteiger partial charge is 0.407 e. The van der Waals surface area contributed by atoms with Gasteiger partial charge in [0.15, 0.2) is 0 Å². The highest BCUT2D eigenvalue weighted by Gasteiger charge is 2.16. The minimum atomic E-state index is -0.454. The lowest BCUT2D eigenvalue weighted by atomic mass is 10.2. The Morgan fingerprint density at radius 1 is 1.26 bits per heavy atom. The van der Waals surface area contributed by atoms with E-state index in [1.165, 1.54) is 5.56 Å².